The van der Waals surface area contributed by atoms with E-state index in [4.69, 9.17) is 11.6 Å². The highest BCUT2D eigenvalue weighted by Gasteiger charge is 2.15. The van der Waals surface area contributed by atoms with Crippen molar-refractivity contribution in [2.24, 2.45) is 5.92 Å². The smallest absolute Gasteiger partial charge is 0.141 e. The van der Waals surface area contributed by atoms with E-state index in [2.05, 4.69) is 45.1 Å². The molecule has 0 aliphatic heterocycles. The first-order valence-corrected chi connectivity index (χ1v) is 7.53. The molecule has 114 valence electrons. The molecule has 2 nitrogen and oxygen atoms in total. The van der Waals surface area contributed by atoms with Gasteiger partial charge in [-0.05, 0) is 51.1 Å². The molecule has 20 heavy (non-hydrogen) atoms. The quantitative estimate of drug-likeness (QED) is 0.815. The van der Waals surface area contributed by atoms with Gasteiger partial charge in [0.15, 0.2) is 0 Å². The standard InChI is InChI=1S/C16H26ClFN2/c1-11(2)8-14(20(4)5)10-19-12(3)13-6-7-16(18)15(17)9-13/h6-7,9,11-12,14,19H,8,10H2,1-5H3. The lowest BCUT2D eigenvalue weighted by molar-refractivity contribution is 0.242. The van der Waals surface area contributed by atoms with Crippen molar-refractivity contribution in [1.82, 2.24) is 10.2 Å². The molecule has 0 radical (unpaired) electrons. The first-order valence-electron chi connectivity index (χ1n) is 7.16. The van der Waals surface area contributed by atoms with Crippen LogP contribution >= 0.6 is 11.6 Å². The molecule has 0 saturated heterocycles. The Morgan fingerprint density at radius 1 is 1.25 bits per heavy atom. The number of hydrogen-bond donors (Lipinski definition) is 1. The summed E-state index contributed by atoms with van der Waals surface area (Å²) in [6, 6.07) is 5.55. The maximum absolute atomic E-state index is 13.2. The Bertz CT molecular complexity index is 421. The van der Waals surface area contributed by atoms with Crippen molar-refractivity contribution >= 4 is 11.6 Å². The molecule has 0 aliphatic rings. The summed E-state index contributed by atoms with van der Waals surface area (Å²) in [6.07, 6.45) is 1.15. The van der Waals surface area contributed by atoms with Crippen LogP contribution in [0.2, 0.25) is 5.02 Å². The molecule has 4 heteroatoms. The van der Waals surface area contributed by atoms with Crippen molar-refractivity contribution < 1.29 is 4.39 Å². The van der Waals surface area contributed by atoms with Gasteiger partial charge in [0.2, 0.25) is 0 Å². The van der Waals surface area contributed by atoms with Crippen molar-refractivity contribution in [3.05, 3.63) is 34.6 Å². The van der Waals surface area contributed by atoms with Crippen LogP contribution in [-0.2, 0) is 0 Å². The number of likely N-dealkylation sites (N-methyl/N-ethyl adjacent to an activating group) is 1. The van der Waals surface area contributed by atoms with Crippen molar-refractivity contribution in [3.8, 4) is 0 Å². The van der Waals surface area contributed by atoms with E-state index in [0.717, 1.165) is 18.5 Å². The second-order valence-corrected chi connectivity index (χ2v) is 6.46. The van der Waals surface area contributed by atoms with Crippen LogP contribution < -0.4 is 5.32 Å². The normalized spacial score (nSPS) is 14.8. The highest BCUT2D eigenvalue weighted by atomic mass is 35.5. The van der Waals surface area contributed by atoms with Crippen LogP contribution in [0.5, 0.6) is 0 Å². The Morgan fingerprint density at radius 2 is 1.90 bits per heavy atom. The van der Waals surface area contributed by atoms with Crippen LogP contribution in [0.3, 0.4) is 0 Å². The van der Waals surface area contributed by atoms with E-state index >= 15 is 0 Å². The average molecular weight is 301 g/mol. The van der Waals surface area contributed by atoms with Crippen LogP contribution in [0.15, 0.2) is 18.2 Å². The fourth-order valence-corrected chi connectivity index (χ4v) is 2.42. The number of halogens is 2. The molecule has 0 heterocycles. The maximum atomic E-state index is 13.2. The second-order valence-electron chi connectivity index (χ2n) is 6.05. The van der Waals surface area contributed by atoms with E-state index in [1.807, 2.05) is 0 Å². The van der Waals surface area contributed by atoms with Crippen molar-refractivity contribution in [3.63, 3.8) is 0 Å². The fourth-order valence-electron chi connectivity index (χ4n) is 2.23. The molecule has 0 aromatic heterocycles. The Morgan fingerprint density at radius 3 is 2.40 bits per heavy atom. The van der Waals surface area contributed by atoms with Gasteiger partial charge in [-0.1, -0.05) is 31.5 Å². The lowest BCUT2D eigenvalue weighted by Crippen LogP contribution is -2.39. The Balaban J connectivity index is 2.60. The predicted octanol–water partition coefficient (Wildman–Crippen LogP) is 4.11. The lowest BCUT2D eigenvalue weighted by Gasteiger charge is -2.28. The van der Waals surface area contributed by atoms with Gasteiger partial charge >= 0.3 is 0 Å². The van der Waals surface area contributed by atoms with Gasteiger partial charge in [0.1, 0.15) is 5.82 Å². The van der Waals surface area contributed by atoms with Gasteiger partial charge < -0.3 is 10.2 Å². The summed E-state index contributed by atoms with van der Waals surface area (Å²) in [4.78, 5) is 2.25. The predicted molar refractivity (Wildman–Crippen MR) is 84.8 cm³/mol. The van der Waals surface area contributed by atoms with Gasteiger partial charge in [0.25, 0.3) is 0 Å². The third-order valence-electron chi connectivity index (χ3n) is 3.58. The van der Waals surface area contributed by atoms with Gasteiger partial charge in [0.05, 0.1) is 5.02 Å². The van der Waals surface area contributed by atoms with Gasteiger partial charge in [-0.15, -0.1) is 0 Å². The highest BCUT2D eigenvalue weighted by Crippen LogP contribution is 2.21. The largest absolute Gasteiger partial charge is 0.309 e. The third-order valence-corrected chi connectivity index (χ3v) is 3.87. The fraction of sp³-hybridized carbons (Fsp3) is 0.625. The zero-order valence-corrected chi connectivity index (χ0v) is 13.8. The van der Waals surface area contributed by atoms with Crippen molar-refractivity contribution in [2.45, 2.75) is 39.3 Å². The Kier molecular flexibility index (Phi) is 6.93. The summed E-state index contributed by atoms with van der Waals surface area (Å²) in [5.41, 5.74) is 1.01. The zero-order chi connectivity index (χ0) is 15.3. The SMILES string of the molecule is CC(C)CC(CNC(C)c1ccc(F)c(Cl)c1)N(C)C. The van der Waals surface area contributed by atoms with Crippen LogP contribution in [0.4, 0.5) is 4.39 Å². The summed E-state index contributed by atoms with van der Waals surface area (Å²) in [6.45, 7) is 7.45. The van der Waals surface area contributed by atoms with Gasteiger partial charge in [-0.2, -0.15) is 0 Å². The van der Waals surface area contributed by atoms with E-state index in [0.29, 0.717) is 12.0 Å². The van der Waals surface area contributed by atoms with Crippen LogP contribution in [-0.4, -0.2) is 31.6 Å². The maximum Gasteiger partial charge on any atom is 0.141 e. The first-order chi connectivity index (χ1) is 9.31. The third kappa shape index (κ3) is 5.39. The molecule has 1 rings (SSSR count). The van der Waals surface area contributed by atoms with Crippen molar-refractivity contribution in [1.29, 1.82) is 0 Å². The molecule has 0 amide bonds. The number of hydrogen-bond acceptors (Lipinski definition) is 2. The molecule has 2 unspecified atom stereocenters. The average Bonchev–Trinajstić information content (AvgIpc) is 2.36. The summed E-state index contributed by atoms with van der Waals surface area (Å²) >= 11 is 5.83. The zero-order valence-electron chi connectivity index (χ0n) is 13.1. The Labute approximate surface area is 127 Å². The number of rotatable bonds is 7. The molecule has 1 aromatic rings. The second kappa shape index (κ2) is 7.96. The van der Waals surface area contributed by atoms with Gasteiger partial charge in [-0.3, -0.25) is 0 Å². The van der Waals surface area contributed by atoms with E-state index in [9.17, 15) is 4.39 Å². The molecule has 0 saturated carbocycles. The summed E-state index contributed by atoms with van der Waals surface area (Å²) in [5.74, 6) is 0.299. The molecular weight excluding hydrogens is 275 g/mol. The molecule has 1 aromatic carbocycles. The monoisotopic (exact) mass is 300 g/mol. The lowest BCUT2D eigenvalue weighted by atomic mass is 10.0. The number of nitrogens with zero attached hydrogens (tertiary/aromatic N) is 1. The topological polar surface area (TPSA) is 15.3 Å². The molecule has 0 spiro atoms. The minimum Gasteiger partial charge on any atom is -0.309 e. The summed E-state index contributed by atoms with van der Waals surface area (Å²) in [7, 11) is 4.21. The van der Waals surface area contributed by atoms with Crippen LogP contribution in [0.1, 0.15) is 38.8 Å². The minimum absolute atomic E-state index is 0.155. The number of benzene rings is 1. The Hall–Kier alpha value is -0.640. The first kappa shape index (κ1) is 17.4. The highest BCUT2D eigenvalue weighted by molar-refractivity contribution is 6.30. The molecular formula is C16H26ClFN2. The molecule has 2 atom stereocenters. The van der Waals surface area contributed by atoms with Gasteiger partial charge in [-0.25, -0.2) is 4.39 Å². The van der Waals surface area contributed by atoms with E-state index in [1.165, 1.54) is 6.07 Å². The van der Waals surface area contributed by atoms with E-state index in [1.54, 1.807) is 12.1 Å². The van der Waals surface area contributed by atoms with Gasteiger partial charge in [0, 0.05) is 18.6 Å². The molecule has 0 aliphatic carbocycles. The molecule has 0 bridgehead atoms. The summed E-state index contributed by atoms with van der Waals surface area (Å²) < 4.78 is 13.2. The minimum atomic E-state index is -0.367. The summed E-state index contributed by atoms with van der Waals surface area (Å²) in [5, 5.41) is 3.69. The molecule has 1 N–H and O–H groups in total. The number of nitrogens with one attached hydrogen (secondary N) is 1. The molecule has 0 fully saturated rings. The van der Waals surface area contributed by atoms with Crippen LogP contribution in [0, 0.1) is 11.7 Å². The van der Waals surface area contributed by atoms with E-state index in [-0.39, 0.29) is 16.9 Å². The van der Waals surface area contributed by atoms with Crippen molar-refractivity contribution in [2.75, 3.05) is 20.6 Å². The van der Waals surface area contributed by atoms with E-state index < -0.39 is 0 Å². The van der Waals surface area contributed by atoms with Crippen LogP contribution in [0.25, 0.3) is 0 Å².